The van der Waals surface area contributed by atoms with Gasteiger partial charge < -0.3 is 9.47 Å². The second-order valence-corrected chi connectivity index (χ2v) is 7.57. The number of ether oxygens (including phenoxy) is 2. The first kappa shape index (κ1) is 13.2. The number of allylic oxidation sites excluding steroid dienone is 1. The summed E-state index contributed by atoms with van der Waals surface area (Å²) in [5.74, 6) is 0.124. The maximum Gasteiger partial charge on any atom is 0.586 e. The molecule has 21 heavy (non-hydrogen) atoms. The molecule has 3 atom stereocenters. The van der Waals surface area contributed by atoms with Gasteiger partial charge in [-0.05, 0) is 42.5 Å². The highest BCUT2D eigenvalue weighted by molar-refractivity contribution is 7.86. The molecule has 6 heteroatoms. The van der Waals surface area contributed by atoms with Crippen LogP contribution in [0.5, 0.6) is 11.5 Å². The van der Waals surface area contributed by atoms with Gasteiger partial charge in [0.15, 0.2) is 11.5 Å². The number of fused-ring (bicyclic) bond motifs is 3. The van der Waals surface area contributed by atoms with Crippen molar-refractivity contribution in [3.8, 4) is 11.5 Å². The Labute approximate surface area is 123 Å². The minimum Gasteiger partial charge on any atom is -0.395 e. The second kappa shape index (κ2) is 4.53. The van der Waals surface area contributed by atoms with Gasteiger partial charge in [-0.3, -0.25) is 4.21 Å². The SMILES string of the molecule is O=S1C2C=C(c3ccc4c(c3)OC(F)(F)O4)CC1CCC2. The van der Waals surface area contributed by atoms with E-state index in [4.69, 9.17) is 0 Å². The maximum absolute atomic E-state index is 13.1. The first-order chi connectivity index (χ1) is 10.0. The number of benzene rings is 1. The number of hydrogen-bond donors (Lipinski definition) is 0. The highest BCUT2D eigenvalue weighted by atomic mass is 32.2. The first-order valence-corrected chi connectivity index (χ1v) is 8.30. The molecule has 4 rings (SSSR count). The van der Waals surface area contributed by atoms with Crippen molar-refractivity contribution in [1.82, 2.24) is 0 Å². The molecule has 1 aromatic rings. The Morgan fingerprint density at radius 3 is 2.81 bits per heavy atom. The lowest BCUT2D eigenvalue weighted by Crippen LogP contribution is -2.33. The van der Waals surface area contributed by atoms with Gasteiger partial charge in [0.25, 0.3) is 0 Å². The Kier molecular flexibility index (Phi) is 2.86. The molecule has 0 aromatic heterocycles. The second-order valence-electron chi connectivity index (χ2n) is 5.64. The van der Waals surface area contributed by atoms with Gasteiger partial charge in [-0.2, -0.15) is 0 Å². The molecule has 3 nitrogen and oxygen atoms in total. The van der Waals surface area contributed by atoms with Crippen LogP contribution in [-0.4, -0.2) is 21.0 Å². The molecule has 1 fully saturated rings. The van der Waals surface area contributed by atoms with Crippen molar-refractivity contribution >= 4 is 16.4 Å². The molecule has 0 spiro atoms. The van der Waals surface area contributed by atoms with Crippen LogP contribution in [0.1, 0.15) is 31.2 Å². The highest BCUT2D eigenvalue weighted by Crippen LogP contribution is 2.44. The summed E-state index contributed by atoms with van der Waals surface area (Å²) in [6, 6.07) is 4.86. The van der Waals surface area contributed by atoms with E-state index in [-0.39, 0.29) is 22.0 Å². The average Bonchev–Trinajstić information content (AvgIpc) is 2.71. The zero-order chi connectivity index (χ0) is 14.6. The van der Waals surface area contributed by atoms with Crippen LogP contribution in [0.4, 0.5) is 8.78 Å². The van der Waals surface area contributed by atoms with Crippen molar-refractivity contribution in [2.75, 3.05) is 0 Å². The van der Waals surface area contributed by atoms with Gasteiger partial charge in [0.05, 0.1) is 5.25 Å². The third kappa shape index (κ3) is 2.25. The smallest absolute Gasteiger partial charge is 0.395 e. The van der Waals surface area contributed by atoms with Crippen LogP contribution in [-0.2, 0) is 10.8 Å². The molecule has 0 saturated carbocycles. The molecule has 3 unspecified atom stereocenters. The average molecular weight is 312 g/mol. The van der Waals surface area contributed by atoms with Crippen molar-refractivity contribution in [2.45, 2.75) is 42.5 Å². The Balaban J connectivity index is 1.68. The van der Waals surface area contributed by atoms with Gasteiger partial charge in [0.2, 0.25) is 0 Å². The molecule has 3 aliphatic rings. The topological polar surface area (TPSA) is 35.5 Å². The molecule has 0 radical (unpaired) electrons. The lowest BCUT2D eigenvalue weighted by atomic mass is 9.93. The number of halogens is 2. The predicted molar refractivity (Wildman–Crippen MR) is 74.8 cm³/mol. The Morgan fingerprint density at radius 1 is 1.19 bits per heavy atom. The minimum atomic E-state index is -3.58. The molecule has 2 bridgehead atoms. The molecule has 0 amide bonds. The van der Waals surface area contributed by atoms with E-state index in [2.05, 4.69) is 9.47 Å². The lowest BCUT2D eigenvalue weighted by Gasteiger charge is -2.32. The Hall–Kier alpha value is -1.43. The van der Waals surface area contributed by atoms with Crippen LogP contribution in [0.2, 0.25) is 0 Å². The third-order valence-corrected chi connectivity index (χ3v) is 6.28. The molecular formula is C15H14F2O3S. The van der Waals surface area contributed by atoms with Crippen LogP contribution in [0.3, 0.4) is 0 Å². The van der Waals surface area contributed by atoms with Gasteiger partial charge in [0.1, 0.15) is 0 Å². The molecule has 0 aliphatic carbocycles. The van der Waals surface area contributed by atoms with E-state index in [1.807, 2.05) is 6.08 Å². The minimum absolute atomic E-state index is 0.0592. The maximum atomic E-state index is 13.1. The van der Waals surface area contributed by atoms with E-state index in [0.29, 0.717) is 0 Å². The summed E-state index contributed by atoms with van der Waals surface area (Å²) < 4.78 is 47.2. The van der Waals surface area contributed by atoms with Crippen molar-refractivity contribution in [2.24, 2.45) is 0 Å². The zero-order valence-corrected chi connectivity index (χ0v) is 12.0. The fourth-order valence-corrected chi connectivity index (χ4v) is 5.20. The summed E-state index contributed by atoms with van der Waals surface area (Å²) >= 11 is 0. The van der Waals surface area contributed by atoms with Crippen molar-refractivity contribution in [3.63, 3.8) is 0 Å². The fourth-order valence-electron chi connectivity index (χ4n) is 3.26. The van der Waals surface area contributed by atoms with Crippen LogP contribution < -0.4 is 9.47 Å². The lowest BCUT2D eigenvalue weighted by molar-refractivity contribution is -0.286. The van der Waals surface area contributed by atoms with Crippen molar-refractivity contribution < 1.29 is 22.5 Å². The van der Waals surface area contributed by atoms with Crippen molar-refractivity contribution in [3.05, 3.63) is 29.8 Å². The number of alkyl halides is 2. The third-order valence-electron chi connectivity index (χ3n) is 4.25. The normalized spacial score (nSPS) is 32.7. The van der Waals surface area contributed by atoms with Crippen LogP contribution in [0, 0.1) is 0 Å². The molecule has 3 aliphatic heterocycles. The summed E-state index contributed by atoms with van der Waals surface area (Å²) in [5, 5.41) is 0.287. The monoisotopic (exact) mass is 312 g/mol. The zero-order valence-electron chi connectivity index (χ0n) is 11.2. The molecule has 1 aromatic carbocycles. The molecular weight excluding hydrogens is 298 g/mol. The Bertz CT molecular complexity index is 656. The fraction of sp³-hybridized carbons (Fsp3) is 0.467. The van der Waals surface area contributed by atoms with E-state index in [1.165, 1.54) is 6.07 Å². The quantitative estimate of drug-likeness (QED) is 0.796. The van der Waals surface area contributed by atoms with Gasteiger partial charge in [0, 0.05) is 16.0 Å². The molecule has 1 saturated heterocycles. The van der Waals surface area contributed by atoms with E-state index < -0.39 is 17.1 Å². The summed E-state index contributed by atoms with van der Waals surface area (Å²) in [6.45, 7) is 0. The first-order valence-electron chi connectivity index (χ1n) is 7.02. The van der Waals surface area contributed by atoms with Gasteiger partial charge in [-0.15, -0.1) is 8.78 Å². The van der Waals surface area contributed by atoms with Gasteiger partial charge in [-0.25, -0.2) is 0 Å². The van der Waals surface area contributed by atoms with E-state index in [1.54, 1.807) is 12.1 Å². The van der Waals surface area contributed by atoms with Crippen LogP contribution in [0.15, 0.2) is 24.3 Å². The van der Waals surface area contributed by atoms with Crippen LogP contribution in [0.25, 0.3) is 5.57 Å². The highest BCUT2D eigenvalue weighted by Gasteiger charge is 2.43. The molecule has 3 heterocycles. The van der Waals surface area contributed by atoms with E-state index in [0.717, 1.165) is 36.8 Å². The molecule has 0 N–H and O–H groups in total. The number of rotatable bonds is 1. The van der Waals surface area contributed by atoms with Gasteiger partial charge in [-0.1, -0.05) is 18.6 Å². The van der Waals surface area contributed by atoms with Gasteiger partial charge >= 0.3 is 6.29 Å². The summed E-state index contributed by atoms with van der Waals surface area (Å²) in [5.41, 5.74) is 1.93. The summed E-state index contributed by atoms with van der Waals surface area (Å²) in [6.07, 6.45) is 2.22. The van der Waals surface area contributed by atoms with E-state index in [9.17, 15) is 13.0 Å². The standard InChI is InChI=1S/C15H14F2O3S/c16-15(17)19-13-5-4-9(8-14(13)20-15)10-6-11-2-1-3-12(7-10)21(11)18/h4-6,8,11-12H,1-3,7H2. The Morgan fingerprint density at radius 2 is 2.00 bits per heavy atom. The van der Waals surface area contributed by atoms with E-state index >= 15 is 0 Å². The van der Waals surface area contributed by atoms with Crippen LogP contribution >= 0.6 is 0 Å². The summed E-state index contributed by atoms with van der Waals surface area (Å²) in [4.78, 5) is 0. The van der Waals surface area contributed by atoms with Crippen molar-refractivity contribution in [1.29, 1.82) is 0 Å². The number of hydrogen-bond acceptors (Lipinski definition) is 3. The predicted octanol–water partition coefficient (Wildman–Crippen LogP) is 3.47. The molecule has 112 valence electrons. The summed E-state index contributed by atoms with van der Waals surface area (Å²) in [7, 11) is -0.794. The largest absolute Gasteiger partial charge is 0.586 e.